The second-order valence-corrected chi connectivity index (χ2v) is 35.4. The van der Waals surface area contributed by atoms with Gasteiger partial charge in [-0.05, 0) is 152 Å². The smallest absolute Gasteiger partial charge is 0.329 e. The van der Waals surface area contributed by atoms with Crippen LogP contribution in [0.4, 0.5) is 48.3 Å². The summed E-state index contributed by atoms with van der Waals surface area (Å²) in [5.41, 5.74) is -1.76. The van der Waals surface area contributed by atoms with Crippen LogP contribution in [0.1, 0.15) is 165 Å². The molecule has 110 heavy (non-hydrogen) atoms. The molecule has 10 atom stereocenters. The molecule has 0 aliphatic carbocycles. The predicted molar refractivity (Wildman–Crippen MR) is 392 cm³/mol. The molecular weight excluding hydrogens is 1480 g/mol. The molecule has 0 aromatic heterocycles. The Hall–Kier alpha value is -5.92. The van der Waals surface area contributed by atoms with Crippen LogP contribution in [0.25, 0.3) is 0 Å². The topological polar surface area (TPSA) is 311 Å². The Bertz CT molecular complexity index is 3080. The Morgan fingerprint density at radius 1 is 0.391 bits per heavy atom. The quantitative estimate of drug-likeness (QED) is 0.0495. The highest BCUT2D eigenvalue weighted by atomic mass is 19.3. The highest BCUT2D eigenvalue weighted by Crippen LogP contribution is 2.41. The maximum Gasteiger partial charge on any atom is 0.329 e. The maximum absolute atomic E-state index is 13.6. The van der Waals surface area contributed by atoms with Crippen molar-refractivity contribution in [2.45, 2.75) is 276 Å². The standard InChI is InChI=1S/C11H19F2NO3.2C11H17F2NO2.2C11H18FNO2.C10H17F2NO3.C10H18FNO3/c1-10(2,3)14-7-11(12,13)4-8(14)5-17-6-9(15)16;1-10(2,3)14-6-8(4-5-9(15)16)11(12,13)7-14;1-10(2,3)14-7-11(12,13)6-8(14)4-5-9(15)16;1-11(2,3)13-7-8(12)6-9(13)4-5-10(14)15;1-11(2,3)13-6-8(9(12)7-13)4-5-10(14)15;1-9(2,3)13-4-7(10(11,12)6-13)16-5-8(14)15;1-10(2,3)12-4-7(11)8(5-12)15-6-9(13)14/h8H,4-7H2,1-3H3,(H,15,16);2*4-5,8H,6-7H2,1-3H3,(H,15,16);2*4-5,8-9H,6-7H2,1-3H3,(H,14,15);7H,4-6H2,1-3H3,(H,14,15);7-8H,4-6H2,1-3H3,(H,13,14)/b;4*5-4+;;. The summed E-state index contributed by atoms with van der Waals surface area (Å²) in [6, 6.07) is -1.04. The first kappa shape index (κ1) is 102. The predicted octanol–water partition coefficient (Wildman–Crippen LogP) is 11.4. The van der Waals surface area contributed by atoms with E-state index in [1.807, 2.05) is 160 Å². The van der Waals surface area contributed by atoms with Gasteiger partial charge in [-0.15, -0.1) is 0 Å². The molecule has 0 radical (unpaired) electrons. The van der Waals surface area contributed by atoms with Gasteiger partial charge in [0.05, 0.1) is 38.7 Å². The van der Waals surface area contributed by atoms with Gasteiger partial charge in [0.15, 0.2) is 0 Å². The van der Waals surface area contributed by atoms with Gasteiger partial charge in [0.2, 0.25) is 0 Å². The Morgan fingerprint density at radius 2 is 0.782 bits per heavy atom. The van der Waals surface area contributed by atoms with Crippen molar-refractivity contribution in [3.8, 4) is 0 Å². The Morgan fingerprint density at radius 3 is 1.19 bits per heavy atom. The minimum absolute atomic E-state index is 0.0269. The van der Waals surface area contributed by atoms with Crippen LogP contribution in [0.3, 0.4) is 0 Å². The molecule has 7 aliphatic heterocycles. The van der Waals surface area contributed by atoms with Crippen molar-refractivity contribution < 1.29 is 132 Å². The van der Waals surface area contributed by atoms with Crippen LogP contribution in [-0.4, -0.2) is 322 Å². The van der Waals surface area contributed by atoms with Crippen molar-refractivity contribution in [3.63, 3.8) is 0 Å². The molecule has 0 aromatic rings. The monoisotopic (exact) mass is 1600 g/mol. The second-order valence-electron chi connectivity index (χ2n) is 35.4. The molecule has 0 saturated carbocycles. The zero-order chi connectivity index (χ0) is 85.9. The highest BCUT2D eigenvalue weighted by molar-refractivity contribution is 5.81. The van der Waals surface area contributed by atoms with Crippen LogP contribution in [-0.2, 0) is 47.8 Å². The lowest BCUT2D eigenvalue weighted by Crippen LogP contribution is -2.47. The zero-order valence-electron chi connectivity index (χ0n) is 67.6. The van der Waals surface area contributed by atoms with Gasteiger partial charge in [0.25, 0.3) is 23.7 Å². The molecule has 7 aliphatic rings. The van der Waals surface area contributed by atoms with E-state index in [0.29, 0.717) is 39.1 Å². The molecule has 0 amide bonds. The van der Waals surface area contributed by atoms with Gasteiger partial charge in [0, 0.05) is 146 Å². The Labute approximate surface area is 640 Å². The van der Waals surface area contributed by atoms with E-state index in [1.165, 1.54) is 12.2 Å². The molecule has 638 valence electrons. The summed E-state index contributed by atoms with van der Waals surface area (Å²) in [6.45, 7) is 39.9. The number of carbonyl (C=O) groups is 7. The van der Waals surface area contributed by atoms with E-state index in [1.54, 1.807) is 25.7 Å². The van der Waals surface area contributed by atoms with Crippen LogP contribution < -0.4 is 0 Å². The minimum atomic E-state index is -2.98. The Balaban J connectivity index is 0.000000642. The van der Waals surface area contributed by atoms with E-state index in [-0.39, 0.29) is 104 Å². The molecular formula is C75H124F11N7O17. The van der Waals surface area contributed by atoms with Gasteiger partial charge < -0.3 is 50.0 Å². The first-order chi connectivity index (χ1) is 49.4. The fraction of sp³-hybridized carbons (Fsp3) is 0.800. The molecule has 7 saturated heterocycles. The van der Waals surface area contributed by atoms with Crippen molar-refractivity contribution in [1.29, 1.82) is 0 Å². The van der Waals surface area contributed by atoms with Gasteiger partial charge in [-0.25, -0.2) is 81.9 Å². The van der Waals surface area contributed by atoms with E-state index >= 15 is 0 Å². The molecule has 7 heterocycles. The lowest BCUT2D eigenvalue weighted by Gasteiger charge is -2.36. The first-order valence-corrected chi connectivity index (χ1v) is 36.3. The molecule has 7 fully saturated rings. The van der Waals surface area contributed by atoms with Gasteiger partial charge >= 0.3 is 41.8 Å². The summed E-state index contributed by atoms with van der Waals surface area (Å²) in [7, 11) is 0. The summed E-state index contributed by atoms with van der Waals surface area (Å²) < 4.78 is 162. The number of alkyl halides is 11. The third kappa shape index (κ3) is 37.8. The number of halogens is 11. The van der Waals surface area contributed by atoms with E-state index in [9.17, 15) is 81.9 Å². The molecule has 0 aromatic carbocycles. The van der Waals surface area contributed by atoms with Crippen LogP contribution in [0.5, 0.6) is 0 Å². The number of hydrogen-bond acceptors (Lipinski definition) is 17. The van der Waals surface area contributed by atoms with E-state index < -0.39 is 140 Å². The van der Waals surface area contributed by atoms with Crippen molar-refractivity contribution in [2.75, 3.05) is 98.4 Å². The minimum Gasteiger partial charge on any atom is -0.480 e. The zero-order valence-corrected chi connectivity index (χ0v) is 67.6. The number of aliphatic carboxylic acids is 7. The van der Waals surface area contributed by atoms with Crippen molar-refractivity contribution in [2.24, 2.45) is 11.8 Å². The van der Waals surface area contributed by atoms with Crippen LogP contribution in [0.2, 0.25) is 0 Å². The molecule has 10 unspecified atom stereocenters. The lowest BCUT2D eigenvalue weighted by molar-refractivity contribution is -0.153. The maximum atomic E-state index is 13.6. The highest BCUT2D eigenvalue weighted by Gasteiger charge is 2.53. The number of nitrogens with zero attached hydrogens (tertiary/aromatic N) is 7. The number of carboxylic acid groups (broad SMARTS) is 7. The summed E-state index contributed by atoms with van der Waals surface area (Å²) in [6.07, 6.45) is 4.28. The normalized spacial score (nSPS) is 27.1. The summed E-state index contributed by atoms with van der Waals surface area (Å²) in [4.78, 5) is 84.8. The molecule has 7 rings (SSSR count). The van der Waals surface area contributed by atoms with Crippen molar-refractivity contribution in [1.82, 2.24) is 34.3 Å². The summed E-state index contributed by atoms with van der Waals surface area (Å²) in [5, 5.41) is 59.2. The largest absolute Gasteiger partial charge is 0.480 e. The van der Waals surface area contributed by atoms with Crippen molar-refractivity contribution in [3.05, 3.63) is 48.6 Å². The van der Waals surface area contributed by atoms with Gasteiger partial charge in [0.1, 0.15) is 50.5 Å². The van der Waals surface area contributed by atoms with E-state index in [4.69, 9.17) is 50.0 Å². The number of rotatable bonds is 18. The summed E-state index contributed by atoms with van der Waals surface area (Å²) in [5.74, 6) is -20.3. The third-order valence-electron chi connectivity index (χ3n) is 18.7. The first-order valence-electron chi connectivity index (χ1n) is 36.3. The fourth-order valence-corrected chi connectivity index (χ4v) is 12.7. The van der Waals surface area contributed by atoms with Gasteiger partial charge in [-0.2, -0.15) is 0 Å². The Kier molecular flexibility index (Phi) is 38.4. The SMILES string of the molecule is CC(C)(C)N1CC(/C=C/C(=O)O)C(F)(F)C1.CC(C)(C)N1CC(F)(F)CC1/C=C/C(=O)O.CC(C)(C)N1CC(F)(F)CC1COCC(=O)O.CC(C)(C)N1CC(F)C(/C=C/C(=O)O)C1.CC(C)(C)N1CC(F)C(OCC(=O)O)C1.CC(C)(C)N1CC(F)CC1/C=C/C(=O)O.CC(C)(C)N1CC(OCC(=O)O)C(F)(F)C1. The average molecular weight is 1600 g/mol. The fourth-order valence-electron chi connectivity index (χ4n) is 12.7. The molecule has 7 N–H and O–H groups in total. The number of hydrogen-bond donors (Lipinski definition) is 7. The molecule has 0 bridgehead atoms. The van der Waals surface area contributed by atoms with Crippen LogP contribution >= 0.6 is 0 Å². The molecule has 24 nitrogen and oxygen atoms in total. The average Bonchev–Trinajstić information content (AvgIpc) is 1.67. The van der Waals surface area contributed by atoms with E-state index in [0.717, 1.165) is 30.4 Å². The number of ether oxygens (including phenoxy) is 3. The molecule has 0 spiro atoms. The lowest BCUT2D eigenvalue weighted by atomic mass is 10.0. The third-order valence-corrected chi connectivity index (χ3v) is 18.7. The van der Waals surface area contributed by atoms with Gasteiger partial charge in [-0.1, -0.05) is 24.3 Å². The molecule has 35 heteroatoms. The van der Waals surface area contributed by atoms with Gasteiger partial charge in [-0.3, -0.25) is 34.3 Å². The van der Waals surface area contributed by atoms with Crippen molar-refractivity contribution >= 4 is 41.8 Å². The second kappa shape index (κ2) is 41.4. The van der Waals surface area contributed by atoms with Crippen LogP contribution in [0, 0.1) is 11.8 Å². The summed E-state index contributed by atoms with van der Waals surface area (Å²) >= 11 is 0. The number of likely N-dealkylation sites (tertiary alicyclic amines) is 7. The van der Waals surface area contributed by atoms with E-state index in [2.05, 4.69) is 0 Å². The number of carboxylic acids is 7. The van der Waals surface area contributed by atoms with Crippen LogP contribution in [0.15, 0.2) is 48.6 Å².